The highest BCUT2D eigenvalue weighted by Crippen LogP contribution is 2.41. The van der Waals surface area contributed by atoms with Crippen LogP contribution in [0.5, 0.6) is 0 Å². The fourth-order valence-corrected chi connectivity index (χ4v) is 4.19. The van der Waals surface area contributed by atoms with E-state index in [-0.39, 0.29) is 11.5 Å². The Hall–Kier alpha value is -2.75. The summed E-state index contributed by atoms with van der Waals surface area (Å²) < 4.78 is 0. The number of nitriles is 1. The number of hydrogen-bond acceptors (Lipinski definition) is 4. The van der Waals surface area contributed by atoms with E-state index in [4.69, 9.17) is 11.6 Å². The molecule has 1 heterocycles. The number of halogens is 1. The van der Waals surface area contributed by atoms with E-state index in [1.165, 1.54) is 23.7 Å². The number of rotatable bonds is 4. The predicted molar refractivity (Wildman–Crippen MR) is 107 cm³/mol. The summed E-state index contributed by atoms with van der Waals surface area (Å²) >= 11 is 7.16. The Labute approximate surface area is 166 Å². The maximum Gasteiger partial charge on any atom is 0.264 e. The number of nitrogens with zero attached hydrogens (tertiary/aromatic N) is 2. The topological polar surface area (TPSA) is 73.2 Å². The summed E-state index contributed by atoms with van der Waals surface area (Å²) in [6, 6.07) is 18.3. The number of carbonyl (C=O) groups is 2. The summed E-state index contributed by atoms with van der Waals surface area (Å²) in [7, 11) is 1.46. The van der Waals surface area contributed by atoms with E-state index in [1.54, 1.807) is 24.3 Å². The van der Waals surface area contributed by atoms with Gasteiger partial charge in [-0.15, -0.1) is 0 Å². The van der Waals surface area contributed by atoms with Gasteiger partial charge in [-0.3, -0.25) is 14.5 Å². The van der Waals surface area contributed by atoms with E-state index in [1.807, 2.05) is 36.4 Å². The number of benzene rings is 2. The first-order valence-corrected chi connectivity index (χ1v) is 9.47. The van der Waals surface area contributed by atoms with Crippen LogP contribution in [0.3, 0.4) is 0 Å². The molecule has 0 unspecified atom stereocenters. The zero-order valence-corrected chi connectivity index (χ0v) is 16.1. The quantitative estimate of drug-likeness (QED) is 0.632. The molecule has 0 saturated carbocycles. The molecule has 0 radical (unpaired) electrons. The summed E-state index contributed by atoms with van der Waals surface area (Å²) in [4.78, 5) is 26.7. The van der Waals surface area contributed by atoms with Crippen LogP contribution in [0, 0.1) is 11.3 Å². The van der Waals surface area contributed by atoms with Crippen molar-refractivity contribution in [2.45, 2.75) is 11.7 Å². The molecule has 0 aromatic heterocycles. The third-order valence-corrected chi connectivity index (χ3v) is 5.60. The molecule has 2 aromatic rings. The number of hydrogen-bond donors (Lipinski definition) is 1. The lowest BCUT2D eigenvalue weighted by Gasteiger charge is -2.18. The predicted octanol–water partition coefficient (Wildman–Crippen LogP) is 3.51. The molecule has 0 spiro atoms. The molecule has 1 N–H and O–H groups in total. The van der Waals surface area contributed by atoms with Crippen LogP contribution >= 0.6 is 23.4 Å². The van der Waals surface area contributed by atoms with Gasteiger partial charge in [-0.2, -0.15) is 5.26 Å². The van der Waals surface area contributed by atoms with Gasteiger partial charge in [0.25, 0.3) is 5.91 Å². The van der Waals surface area contributed by atoms with Crippen LogP contribution in [-0.4, -0.2) is 24.1 Å². The van der Waals surface area contributed by atoms with Crippen molar-refractivity contribution in [2.24, 2.45) is 0 Å². The van der Waals surface area contributed by atoms with Crippen LogP contribution in [-0.2, 0) is 16.0 Å². The molecule has 2 amide bonds. The minimum absolute atomic E-state index is 0.0710. The molecule has 1 aliphatic rings. The van der Waals surface area contributed by atoms with Gasteiger partial charge in [-0.1, -0.05) is 53.7 Å². The highest BCUT2D eigenvalue weighted by Gasteiger charge is 2.40. The number of anilines is 1. The molecule has 27 heavy (non-hydrogen) atoms. The molecule has 0 aliphatic carbocycles. The molecule has 1 aliphatic heterocycles. The summed E-state index contributed by atoms with van der Waals surface area (Å²) in [5, 5.41) is 12.5. The summed E-state index contributed by atoms with van der Waals surface area (Å²) in [6.07, 6.45) is 0.472. The average molecular weight is 398 g/mol. The van der Waals surface area contributed by atoms with Gasteiger partial charge < -0.3 is 5.32 Å². The minimum Gasteiger partial charge on any atom is -0.354 e. The lowest BCUT2D eigenvalue weighted by atomic mass is 10.1. The number of nitrogens with one attached hydrogen (secondary N) is 1. The third kappa shape index (κ3) is 4.00. The van der Waals surface area contributed by atoms with Crippen LogP contribution in [0.1, 0.15) is 5.56 Å². The van der Waals surface area contributed by atoms with Gasteiger partial charge in [-0.05, 0) is 36.2 Å². The van der Waals surface area contributed by atoms with Gasteiger partial charge in [0, 0.05) is 17.8 Å². The first-order chi connectivity index (χ1) is 13.0. The SMILES string of the molecule is CNC(=O)/C(C#N)=C1\S[C@@H](Cc2ccc(Cl)cc2)C(=O)N1c1ccccc1. The van der Waals surface area contributed by atoms with Crippen molar-refractivity contribution in [3.05, 3.63) is 75.8 Å². The molecule has 1 atom stereocenters. The highest BCUT2D eigenvalue weighted by molar-refractivity contribution is 8.05. The van der Waals surface area contributed by atoms with Crippen LogP contribution < -0.4 is 10.2 Å². The summed E-state index contributed by atoms with van der Waals surface area (Å²) in [6.45, 7) is 0. The molecule has 5 nitrogen and oxygen atoms in total. The maximum atomic E-state index is 13.1. The number of carbonyl (C=O) groups excluding carboxylic acids is 2. The van der Waals surface area contributed by atoms with Crippen molar-refractivity contribution in [3.8, 4) is 6.07 Å². The molecule has 0 bridgehead atoms. The van der Waals surface area contributed by atoms with Crippen molar-refractivity contribution in [3.63, 3.8) is 0 Å². The normalized spacial score (nSPS) is 18.2. The van der Waals surface area contributed by atoms with Crippen LogP contribution in [0.4, 0.5) is 5.69 Å². The van der Waals surface area contributed by atoms with Gasteiger partial charge in [0.15, 0.2) is 0 Å². The number of likely N-dealkylation sites (N-methyl/N-ethyl adjacent to an activating group) is 1. The highest BCUT2D eigenvalue weighted by atomic mass is 35.5. The Morgan fingerprint density at radius 3 is 2.48 bits per heavy atom. The Morgan fingerprint density at radius 1 is 1.22 bits per heavy atom. The molecule has 1 fully saturated rings. The molecule has 2 aromatic carbocycles. The number of para-hydroxylation sites is 1. The molecule has 3 rings (SSSR count). The first-order valence-electron chi connectivity index (χ1n) is 8.21. The molecular formula is C20H16ClN3O2S. The molecule has 136 valence electrons. The van der Waals surface area contributed by atoms with Crippen molar-refractivity contribution in [2.75, 3.05) is 11.9 Å². The largest absolute Gasteiger partial charge is 0.354 e. The van der Waals surface area contributed by atoms with Crippen molar-refractivity contribution in [1.82, 2.24) is 5.32 Å². The Kier molecular flexibility index (Phi) is 5.84. The molecular weight excluding hydrogens is 382 g/mol. The smallest absolute Gasteiger partial charge is 0.264 e. The van der Waals surface area contributed by atoms with Gasteiger partial charge in [0.2, 0.25) is 5.91 Å². The van der Waals surface area contributed by atoms with Crippen molar-refractivity contribution >= 4 is 40.9 Å². The van der Waals surface area contributed by atoms with Gasteiger partial charge in [0.05, 0.1) is 5.25 Å². The second-order valence-electron chi connectivity index (χ2n) is 5.82. The first kappa shape index (κ1) is 19.0. The summed E-state index contributed by atoms with van der Waals surface area (Å²) in [5.41, 5.74) is 1.51. The molecule has 7 heteroatoms. The van der Waals surface area contributed by atoms with E-state index in [0.717, 1.165) is 5.56 Å². The Bertz CT molecular complexity index is 936. The maximum absolute atomic E-state index is 13.1. The fourth-order valence-electron chi connectivity index (χ4n) is 2.76. The average Bonchev–Trinajstić information content (AvgIpc) is 3.00. The van der Waals surface area contributed by atoms with E-state index in [9.17, 15) is 14.9 Å². The standard InChI is InChI=1S/C20H16ClN3O2S/c1-23-18(25)16(12-22)20-24(15-5-3-2-4-6-15)19(26)17(27-20)11-13-7-9-14(21)10-8-13/h2-10,17H,11H2,1H3,(H,23,25)/b20-16-/t17-/m0/s1. The zero-order chi connectivity index (χ0) is 19.4. The van der Waals surface area contributed by atoms with Crippen LogP contribution in [0.15, 0.2) is 65.2 Å². The van der Waals surface area contributed by atoms with E-state index in [0.29, 0.717) is 22.2 Å². The van der Waals surface area contributed by atoms with Gasteiger partial charge >= 0.3 is 0 Å². The van der Waals surface area contributed by atoms with Crippen LogP contribution in [0.25, 0.3) is 0 Å². The monoisotopic (exact) mass is 397 g/mol. The van der Waals surface area contributed by atoms with Crippen molar-refractivity contribution in [1.29, 1.82) is 5.26 Å². The van der Waals surface area contributed by atoms with E-state index >= 15 is 0 Å². The van der Waals surface area contributed by atoms with E-state index < -0.39 is 11.2 Å². The number of thioether (sulfide) groups is 1. The lowest BCUT2D eigenvalue weighted by Crippen LogP contribution is -2.31. The molecule has 1 saturated heterocycles. The Balaban J connectivity index is 2.02. The second-order valence-corrected chi connectivity index (χ2v) is 7.45. The van der Waals surface area contributed by atoms with Crippen molar-refractivity contribution < 1.29 is 9.59 Å². The van der Waals surface area contributed by atoms with Gasteiger partial charge in [-0.25, -0.2) is 0 Å². The minimum atomic E-state index is -0.513. The lowest BCUT2D eigenvalue weighted by molar-refractivity contribution is -0.117. The zero-order valence-electron chi connectivity index (χ0n) is 14.5. The van der Waals surface area contributed by atoms with E-state index in [2.05, 4.69) is 5.32 Å². The third-order valence-electron chi connectivity index (χ3n) is 4.08. The van der Waals surface area contributed by atoms with Crippen LogP contribution in [0.2, 0.25) is 5.02 Å². The summed E-state index contributed by atoms with van der Waals surface area (Å²) in [5.74, 6) is -0.673. The van der Waals surface area contributed by atoms with Gasteiger partial charge in [0.1, 0.15) is 16.7 Å². The second kappa shape index (κ2) is 8.30. The Morgan fingerprint density at radius 2 is 1.89 bits per heavy atom. The fraction of sp³-hybridized carbons (Fsp3) is 0.150. The number of amides is 2.